The molecule has 0 atom stereocenters. The fourth-order valence-electron chi connectivity index (χ4n) is 1.62. The van der Waals surface area contributed by atoms with Gasteiger partial charge in [0.25, 0.3) is 10.0 Å². The van der Waals surface area contributed by atoms with Crippen LogP contribution in [0.5, 0.6) is 0 Å². The van der Waals surface area contributed by atoms with Crippen molar-refractivity contribution < 1.29 is 27.1 Å². The van der Waals surface area contributed by atoms with Crippen molar-refractivity contribution in [2.75, 3.05) is 4.72 Å². The minimum atomic E-state index is -4.25. The van der Waals surface area contributed by atoms with Gasteiger partial charge in [-0.15, -0.1) is 0 Å². The van der Waals surface area contributed by atoms with E-state index in [1.165, 1.54) is 0 Å². The highest BCUT2D eigenvalue weighted by Crippen LogP contribution is 2.24. The molecule has 0 radical (unpaired) electrons. The molecule has 0 bridgehead atoms. The molecule has 0 aliphatic rings. The summed E-state index contributed by atoms with van der Waals surface area (Å²) in [6, 6.07) is 5.19. The van der Waals surface area contributed by atoms with Crippen LogP contribution in [0.25, 0.3) is 0 Å². The maximum absolute atomic E-state index is 13.5. The van der Waals surface area contributed by atoms with Gasteiger partial charge >= 0.3 is 5.97 Å². The number of carbonyl (C=O) groups is 1. The van der Waals surface area contributed by atoms with Crippen LogP contribution in [-0.4, -0.2) is 19.5 Å². The smallest absolute Gasteiger partial charge is 0.337 e. The molecule has 0 fully saturated rings. The number of hydrogen-bond acceptors (Lipinski definition) is 3. The van der Waals surface area contributed by atoms with Crippen LogP contribution in [0, 0.1) is 11.6 Å². The molecule has 0 saturated carbocycles. The Bertz CT molecular complexity index is 855. The van der Waals surface area contributed by atoms with Gasteiger partial charge in [0, 0.05) is 6.07 Å². The number of carboxylic acid groups (broad SMARTS) is 1. The molecule has 0 aliphatic heterocycles. The molecule has 0 spiro atoms. The molecule has 0 saturated heterocycles. The van der Waals surface area contributed by atoms with Crippen molar-refractivity contribution in [2.45, 2.75) is 4.90 Å². The molecule has 2 aromatic rings. The lowest BCUT2D eigenvalue weighted by molar-refractivity contribution is 0.0697. The van der Waals surface area contributed by atoms with Gasteiger partial charge in [-0.25, -0.2) is 22.0 Å². The zero-order valence-corrected chi connectivity index (χ0v) is 12.3. The summed E-state index contributed by atoms with van der Waals surface area (Å²) in [5.74, 6) is -3.10. The summed E-state index contributed by atoms with van der Waals surface area (Å²) < 4.78 is 52.6. The first-order chi connectivity index (χ1) is 10.2. The highest BCUT2D eigenvalue weighted by molar-refractivity contribution is 7.92. The predicted octanol–water partition coefficient (Wildman–Crippen LogP) is 3.12. The Kier molecular flexibility index (Phi) is 4.34. The molecular weight excluding hydrogens is 340 g/mol. The largest absolute Gasteiger partial charge is 0.478 e. The number of sulfonamides is 1. The van der Waals surface area contributed by atoms with E-state index < -0.39 is 33.3 Å². The number of anilines is 1. The summed E-state index contributed by atoms with van der Waals surface area (Å²) in [6.07, 6.45) is 0. The predicted molar refractivity (Wildman–Crippen MR) is 75.6 cm³/mol. The van der Waals surface area contributed by atoms with E-state index in [0.29, 0.717) is 6.07 Å². The summed E-state index contributed by atoms with van der Waals surface area (Å²) in [4.78, 5) is 10.4. The molecule has 5 nitrogen and oxygen atoms in total. The molecule has 0 heterocycles. The summed E-state index contributed by atoms with van der Waals surface area (Å²) >= 11 is 5.68. The second-order valence-corrected chi connectivity index (χ2v) is 6.27. The Morgan fingerprint density at radius 2 is 1.82 bits per heavy atom. The summed E-state index contributed by atoms with van der Waals surface area (Å²) in [5, 5.41) is 8.52. The number of hydrogen-bond donors (Lipinski definition) is 2. The fraction of sp³-hybridized carbons (Fsp3) is 0. The van der Waals surface area contributed by atoms with Crippen molar-refractivity contribution in [3.05, 3.63) is 58.6 Å². The molecule has 2 rings (SSSR count). The number of nitrogens with one attached hydrogen (secondary N) is 1. The standard InChI is InChI=1S/C13H8ClF2NO4S/c14-10-6-8(2-3-9(10)13(18)19)22(20,21)17-12-5-7(15)1-4-11(12)16/h1-6,17H,(H,18,19). The van der Waals surface area contributed by atoms with Crippen LogP contribution < -0.4 is 4.72 Å². The van der Waals surface area contributed by atoms with Gasteiger partial charge in [0.1, 0.15) is 11.6 Å². The molecule has 0 aromatic heterocycles. The second-order valence-electron chi connectivity index (χ2n) is 4.18. The molecular formula is C13H8ClF2NO4S. The maximum atomic E-state index is 13.5. The van der Waals surface area contributed by atoms with E-state index in [0.717, 1.165) is 30.3 Å². The zero-order valence-electron chi connectivity index (χ0n) is 10.7. The van der Waals surface area contributed by atoms with E-state index in [1.54, 1.807) is 0 Å². The van der Waals surface area contributed by atoms with Crippen molar-refractivity contribution in [2.24, 2.45) is 0 Å². The average Bonchev–Trinajstić information content (AvgIpc) is 2.42. The van der Waals surface area contributed by atoms with Gasteiger partial charge in [0.2, 0.25) is 0 Å². The van der Waals surface area contributed by atoms with Crippen LogP contribution in [0.4, 0.5) is 14.5 Å². The Hall–Kier alpha value is -2.19. The van der Waals surface area contributed by atoms with E-state index in [-0.39, 0.29) is 15.5 Å². The molecule has 116 valence electrons. The van der Waals surface area contributed by atoms with Gasteiger partial charge < -0.3 is 5.11 Å². The van der Waals surface area contributed by atoms with Crippen molar-refractivity contribution in [1.29, 1.82) is 0 Å². The number of carboxylic acids is 1. The van der Waals surface area contributed by atoms with Crippen LogP contribution >= 0.6 is 11.6 Å². The van der Waals surface area contributed by atoms with Gasteiger partial charge in [-0.3, -0.25) is 4.72 Å². The third kappa shape index (κ3) is 3.34. The normalized spacial score (nSPS) is 11.2. The van der Waals surface area contributed by atoms with Crippen LogP contribution in [0.3, 0.4) is 0 Å². The third-order valence-corrected chi connectivity index (χ3v) is 4.33. The number of halogens is 3. The highest BCUT2D eigenvalue weighted by atomic mass is 35.5. The van der Waals surface area contributed by atoms with Crippen LogP contribution in [0.15, 0.2) is 41.3 Å². The monoisotopic (exact) mass is 347 g/mol. The Morgan fingerprint density at radius 3 is 2.41 bits per heavy atom. The quantitative estimate of drug-likeness (QED) is 0.890. The lowest BCUT2D eigenvalue weighted by Crippen LogP contribution is -2.14. The Morgan fingerprint density at radius 1 is 1.14 bits per heavy atom. The van der Waals surface area contributed by atoms with Gasteiger partial charge in [0.05, 0.1) is 21.2 Å². The van der Waals surface area contributed by atoms with E-state index in [9.17, 15) is 22.0 Å². The number of benzene rings is 2. The molecule has 0 unspecified atom stereocenters. The zero-order chi connectivity index (χ0) is 16.5. The summed E-state index contributed by atoms with van der Waals surface area (Å²) in [5.41, 5.74) is -0.851. The molecule has 0 aliphatic carbocycles. The lowest BCUT2D eigenvalue weighted by Gasteiger charge is -2.10. The van der Waals surface area contributed by atoms with Crippen molar-refractivity contribution >= 4 is 33.3 Å². The SMILES string of the molecule is O=C(O)c1ccc(S(=O)(=O)Nc2cc(F)ccc2F)cc1Cl. The molecule has 2 aromatic carbocycles. The molecule has 0 amide bonds. The minimum absolute atomic E-state index is 0.280. The average molecular weight is 348 g/mol. The lowest BCUT2D eigenvalue weighted by atomic mass is 10.2. The summed E-state index contributed by atoms with van der Waals surface area (Å²) in [6.45, 7) is 0. The number of rotatable bonds is 4. The van der Waals surface area contributed by atoms with E-state index in [1.807, 2.05) is 4.72 Å². The fourth-order valence-corrected chi connectivity index (χ4v) is 3.03. The van der Waals surface area contributed by atoms with Crippen LogP contribution in [-0.2, 0) is 10.0 Å². The Labute approximate surface area is 129 Å². The van der Waals surface area contributed by atoms with Crippen molar-refractivity contribution in [3.63, 3.8) is 0 Å². The third-order valence-electron chi connectivity index (χ3n) is 2.65. The van der Waals surface area contributed by atoms with Crippen molar-refractivity contribution in [1.82, 2.24) is 0 Å². The second kappa shape index (κ2) is 5.90. The first kappa shape index (κ1) is 16.2. The molecule has 2 N–H and O–H groups in total. The van der Waals surface area contributed by atoms with Crippen molar-refractivity contribution in [3.8, 4) is 0 Å². The van der Waals surface area contributed by atoms with E-state index in [2.05, 4.69) is 0 Å². The first-order valence-corrected chi connectivity index (χ1v) is 7.57. The minimum Gasteiger partial charge on any atom is -0.478 e. The molecule has 9 heteroatoms. The van der Waals surface area contributed by atoms with Gasteiger partial charge in [-0.05, 0) is 30.3 Å². The van der Waals surface area contributed by atoms with Crippen LogP contribution in [0.1, 0.15) is 10.4 Å². The summed E-state index contributed by atoms with van der Waals surface area (Å²) in [7, 11) is -4.25. The van der Waals surface area contributed by atoms with Gasteiger partial charge in [0.15, 0.2) is 0 Å². The van der Waals surface area contributed by atoms with Gasteiger partial charge in [-0.1, -0.05) is 11.6 Å². The maximum Gasteiger partial charge on any atom is 0.337 e. The first-order valence-electron chi connectivity index (χ1n) is 5.71. The van der Waals surface area contributed by atoms with Gasteiger partial charge in [-0.2, -0.15) is 0 Å². The van der Waals surface area contributed by atoms with E-state index in [4.69, 9.17) is 16.7 Å². The number of aromatic carboxylic acids is 1. The van der Waals surface area contributed by atoms with E-state index >= 15 is 0 Å². The Balaban J connectivity index is 2.41. The topological polar surface area (TPSA) is 83.5 Å². The highest BCUT2D eigenvalue weighted by Gasteiger charge is 2.19. The molecule has 22 heavy (non-hydrogen) atoms. The van der Waals surface area contributed by atoms with Crippen LogP contribution in [0.2, 0.25) is 5.02 Å².